The van der Waals surface area contributed by atoms with Crippen molar-refractivity contribution in [2.45, 2.75) is 39.7 Å². The van der Waals surface area contributed by atoms with Crippen molar-refractivity contribution in [1.82, 2.24) is 9.55 Å². The van der Waals surface area contributed by atoms with Crippen LogP contribution in [0.1, 0.15) is 47.1 Å². The SMILES string of the molecule is CCCCc1nc2ccc(C)cc2c(=O)n1Cc1ccc(-c2c(N(C(=O)c3ccccc3)S(=O)[O-])sc3ccccc23)cc1. The Bertz CT molecular complexity index is 2070. The number of nitrogens with zero attached hydrogens (tertiary/aromatic N) is 3. The minimum atomic E-state index is -2.85. The van der Waals surface area contributed by atoms with E-state index in [1.54, 1.807) is 34.9 Å². The quantitative estimate of drug-likeness (QED) is 0.157. The van der Waals surface area contributed by atoms with E-state index in [4.69, 9.17) is 4.98 Å². The van der Waals surface area contributed by atoms with Crippen molar-refractivity contribution in [3.05, 3.63) is 130 Å². The topological polar surface area (TPSA) is 95.3 Å². The second-order valence-electron chi connectivity index (χ2n) is 10.7. The van der Waals surface area contributed by atoms with Gasteiger partial charge in [-0.05, 0) is 54.8 Å². The highest BCUT2D eigenvalue weighted by Crippen LogP contribution is 2.45. The van der Waals surface area contributed by atoms with Crippen LogP contribution in [0, 0.1) is 6.92 Å². The van der Waals surface area contributed by atoms with Crippen molar-refractivity contribution in [1.29, 1.82) is 0 Å². The van der Waals surface area contributed by atoms with Gasteiger partial charge in [-0.2, -0.15) is 0 Å². The average molecular weight is 621 g/mol. The number of carbonyl (C=O) groups is 1. The second kappa shape index (κ2) is 12.7. The number of hydrogen-bond acceptors (Lipinski definition) is 6. The third kappa shape index (κ3) is 5.74. The lowest BCUT2D eigenvalue weighted by Gasteiger charge is -2.24. The predicted molar refractivity (Wildman–Crippen MR) is 178 cm³/mol. The number of anilines is 1. The number of carbonyl (C=O) groups excluding carboxylic acids is 1. The molecule has 0 radical (unpaired) electrons. The van der Waals surface area contributed by atoms with Crippen LogP contribution in [-0.2, 0) is 24.2 Å². The Balaban J connectivity index is 1.42. The predicted octanol–water partition coefficient (Wildman–Crippen LogP) is 7.42. The highest BCUT2D eigenvalue weighted by Gasteiger charge is 2.26. The number of thiophene rings is 1. The summed E-state index contributed by atoms with van der Waals surface area (Å²) in [6.07, 6.45) is 2.62. The molecule has 0 saturated heterocycles. The summed E-state index contributed by atoms with van der Waals surface area (Å²) in [7, 11) is 0. The second-order valence-corrected chi connectivity index (χ2v) is 12.5. The molecule has 6 aromatic rings. The number of benzene rings is 4. The van der Waals surface area contributed by atoms with Crippen LogP contribution >= 0.6 is 11.3 Å². The van der Waals surface area contributed by atoms with Gasteiger partial charge in [-0.25, -0.2) is 9.29 Å². The zero-order chi connectivity index (χ0) is 30.8. The Morgan fingerprint density at radius 3 is 2.41 bits per heavy atom. The lowest BCUT2D eigenvalue weighted by atomic mass is 10.0. The first kappa shape index (κ1) is 29.6. The van der Waals surface area contributed by atoms with Crippen LogP contribution in [0.2, 0.25) is 0 Å². The molecule has 0 N–H and O–H groups in total. The molecule has 2 aromatic heterocycles. The van der Waals surface area contributed by atoms with Crippen LogP contribution in [0.5, 0.6) is 0 Å². The van der Waals surface area contributed by atoms with Gasteiger partial charge in [-0.1, -0.05) is 85.6 Å². The maximum atomic E-state index is 13.7. The molecule has 44 heavy (non-hydrogen) atoms. The number of unbranched alkanes of at least 4 members (excludes halogenated alkanes) is 1. The van der Waals surface area contributed by atoms with Crippen LogP contribution in [0.25, 0.3) is 32.1 Å². The first-order valence-corrected chi connectivity index (χ1v) is 16.3. The highest BCUT2D eigenvalue weighted by molar-refractivity contribution is 7.82. The Morgan fingerprint density at radius 2 is 1.68 bits per heavy atom. The number of hydrogen-bond donors (Lipinski definition) is 0. The molecule has 0 aliphatic carbocycles. The lowest BCUT2D eigenvalue weighted by molar-refractivity contribution is 0.101. The molecule has 0 spiro atoms. The van der Waals surface area contributed by atoms with Gasteiger partial charge in [-0.15, -0.1) is 11.3 Å². The van der Waals surface area contributed by atoms with Crippen molar-refractivity contribution >= 4 is 54.5 Å². The number of amides is 1. The van der Waals surface area contributed by atoms with Crippen molar-refractivity contribution in [2.75, 3.05) is 4.31 Å². The molecular weight excluding hydrogens is 591 g/mol. The Morgan fingerprint density at radius 1 is 0.955 bits per heavy atom. The monoisotopic (exact) mass is 620 g/mol. The van der Waals surface area contributed by atoms with E-state index in [2.05, 4.69) is 6.92 Å². The van der Waals surface area contributed by atoms with Gasteiger partial charge >= 0.3 is 0 Å². The summed E-state index contributed by atoms with van der Waals surface area (Å²) < 4.78 is 28.6. The molecule has 1 amide bonds. The minimum Gasteiger partial charge on any atom is -0.755 e. The first-order chi connectivity index (χ1) is 21.4. The Kier molecular flexibility index (Phi) is 8.52. The van der Waals surface area contributed by atoms with Gasteiger partial charge in [0, 0.05) is 27.6 Å². The largest absolute Gasteiger partial charge is 0.755 e. The summed E-state index contributed by atoms with van der Waals surface area (Å²) in [5.41, 5.74) is 4.27. The maximum Gasteiger partial charge on any atom is 0.270 e. The molecule has 0 aliphatic heterocycles. The van der Waals surface area contributed by atoms with Gasteiger partial charge in [0.15, 0.2) is 0 Å². The molecule has 1 unspecified atom stereocenters. The molecule has 9 heteroatoms. The van der Waals surface area contributed by atoms with Crippen LogP contribution in [0.4, 0.5) is 5.00 Å². The van der Waals surface area contributed by atoms with Crippen LogP contribution in [0.3, 0.4) is 0 Å². The van der Waals surface area contributed by atoms with Crippen LogP contribution in [0.15, 0.2) is 102 Å². The van der Waals surface area contributed by atoms with E-state index in [-0.39, 0.29) is 11.1 Å². The molecule has 0 saturated carbocycles. The number of rotatable bonds is 9. The summed E-state index contributed by atoms with van der Waals surface area (Å²) in [4.78, 5) is 32.0. The Labute approximate surface area is 261 Å². The molecule has 0 bridgehead atoms. The molecule has 2 heterocycles. The number of aromatic nitrogens is 2. The summed E-state index contributed by atoms with van der Waals surface area (Å²) in [5, 5.41) is 1.78. The van der Waals surface area contributed by atoms with Crippen LogP contribution in [-0.4, -0.2) is 24.2 Å². The number of fused-ring (bicyclic) bond motifs is 2. The van der Waals surface area contributed by atoms with Gasteiger partial charge in [0.05, 0.1) is 28.7 Å². The van der Waals surface area contributed by atoms with Crippen molar-refractivity contribution in [3.8, 4) is 11.1 Å². The minimum absolute atomic E-state index is 0.0621. The summed E-state index contributed by atoms with van der Waals surface area (Å²) in [5.74, 6) is 0.137. The van der Waals surface area contributed by atoms with E-state index in [0.717, 1.165) is 49.7 Å². The van der Waals surface area contributed by atoms with Gasteiger partial charge < -0.3 is 4.55 Å². The van der Waals surface area contributed by atoms with Gasteiger partial charge in [0.25, 0.3) is 11.5 Å². The fourth-order valence-electron chi connectivity index (χ4n) is 5.41. The average Bonchev–Trinajstić information content (AvgIpc) is 3.41. The van der Waals surface area contributed by atoms with Crippen molar-refractivity contribution < 1.29 is 13.6 Å². The molecule has 0 fully saturated rings. The van der Waals surface area contributed by atoms with Crippen molar-refractivity contribution in [2.24, 2.45) is 0 Å². The van der Waals surface area contributed by atoms with E-state index < -0.39 is 17.2 Å². The van der Waals surface area contributed by atoms with Gasteiger partial charge in [0.2, 0.25) is 0 Å². The van der Waals surface area contributed by atoms with Gasteiger partial charge in [0.1, 0.15) is 10.8 Å². The number of aryl methyl sites for hydroxylation is 2. The van der Waals surface area contributed by atoms with E-state index >= 15 is 0 Å². The molecule has 7 nitrogen and oxygen atoms in total. The third-order valence-electron chi connectivity index (χ3n) is 7.64. The first-order valence-electron chi connectivity index (χ1n) is 14.5. The molecular formula is C35H30N3O4S2-. The smallest absolute Gasteiger partial charge is 0.270 e. The van der Waals surface area contributed by atoms with E-state index in [1.807, 2.05) is 73.7 Å². The third-order valence-corrected chi connectivity index (χ3v) is 9.56. The lowest BCUT2D eigenvalue weighted by Crippen LogP contribution is -2.32. The highest BCUT2D eigenvalue weighted by atomic mass is 32.2. The molecule has 1 atom stereocenters. The standard InChI is InChI=1S/C35H31N3O4S2/c1-3-4-14-31-36-29-20-15-23(2)21-28(29)34(40)37(31)22-24-16-18-25(19-17-24)32-27-12-8-9-13-30(27)43-35(32)38(44(41)42)33(39)26-10-6-5-7-11-26/h5-13,15-21H,3-4,14,22H2,1-2H3,(H,41,42)/p-1. The summed E-state index contributed by atoms with van der Waals surface area (Å²) in [6.45, 7) is 4.44. The van der Waals surface area contributed by atoms with Crippen molar-refractivity contribution in [3.63, 3.8) is 0 Å². The zero-order valence-electron chi connectivity index (χ0n) is 24.4. The van der Waals surface area contributed by atoms with E-state index in [9.17, 15) is 18.4 Å². The fraction of sp³-hybridized carbons (Fsp3) is 0.171. The summed E-state index contributed by atoms with van der Waals surface area (Å²) >= 11 is -1.59. The molecule has 6 rings (SSSR count). The molecule has 222 valence electrons. The van der Waals surface area contributed by atoms with E-state index in [0.29, 0.717) is 34.4 Å². The van der Waals surface area contributed by atoms with Crippen LogP contribution < -0.4 is 9.86 Å². The summed E-state index contributed by atoms with van der Waals surface area (Å²) in [6, 6.07) is 29.5. The Hall–Kier alpha value is -4.44. The fourth-order valence-corrected chi connectivity index (χ4v) is 7.30. The maximum absolute atomic E-state index is 13.7. The van der Waals surface area contributed by atoms with Gasteiger partial charge in [-0.3, -0.25) is 18.4 Å². The normalized spacial score (nSPS) is 12.1. The molecule has 4 aromatic carbocycles. The van der Waals surface area contributed by atoms with E-state index in [1.165, 1.54) is 11.3 Å². The zero-order valence-corrected chi connectivity index (χ0v) is 26.0. The molecule has 0 aliphatic rings.